The SMILES string of the molecule is N#Cc1cccc(-c2ccc3c(c2)c2ccccc2n3-c2ccc(-c3cccc4c3oc3ccccc34)cc2-c2nc(-c3ccccc3)nc(-c3ccccc3)n2)c1. The van der Waals surface area contributed by atoms with Crippen LogP contribution in [0.5, 0.6) is 0 Å². The molecule has 6 nitrogen and oxygen atoms in total. The molecule has 6 heteroatoms. The topological polar surface area (TPSA) is 80.5 Å². The van der Waals surface area contributed by atoms with E-state index in [1.807, 2.05) is 97.1 Å². The first kappa shape index (κ1) is 33.2. The van der Waals surface area contributed by atoms with Gasteiger partial charge in [0.1, 0.15) is 11.2 Å². The maximum Gasteiger partial charge on any atom is 0.166 e. The van der Waals surface area contributed by atoms with Gasteiger partial charge in [-0.2, -0.15) is 5.26 Å². The Morgan fingerprint density at radius 3 is 1.79 bits per heavy atom. The highest BCUT2D eigenvalue weighted by molar-refractivity contribution is 6.12. The van der Waals surface area contributed by atoms with E-state index in [2.05, 4.69) is 102 Å². The van der Waals surface area contributed by atoms with Gasteiger partial charge >= 0.3 is 0 Å². The van der Waals surface area contributed by atoms with Gasteiger partial charge in [0.2, 0.25) is 0 Å². The van der Waals surface area contributed by atoms with Gasteiger partial charge in [-0.05, 0) is 65.2 Å². The van der Waals surface area contributed by atoms with Crippen molar-refractivity contribution in [3.05, 3.63) is 194 Å². The molecule has 270 valence electrons. The molecule has 3 aromatic heterocycles. The first-order chi connectivity index (χ1) is 28.7. The van der Waals surface area contributed by atoms with Crippen molar-refractivity contribution >= 4 is 43.7 Å². The van der Waals surface area contributed by atoms with Crippen LogP contribution in [-0.2, 0) is 0 Å². The van der Waals surface area contributed by atoms with E-state index < -0.39 is 0 Å². The Hall–Kier alpha value is -8.14. The summed E-state index contributed by atoms with van der Waals surface area (Å²) in [6.45, 7) is 0. The number of hydrogen-bond acceptors (Lipinski definition) is 5. The average molecular weight is 742 g/mol. The monoisotopic (exact) mass is 741 g/mol. The lowest BCUT2D eigenvalue weighted by Gasteiger charge is -2.16. The van der Waals surface area contributed by atoms with Gasteiger partial charge in [-0.3, -0.25) is 0 Å². The van der Waals surface area contributed by atoms with Crippen molar-refractivity contribution in [3.63, 3.8) is 0 Å². The smallest absolute Gasteiger partial charge is 0.166 e. The Bertz CT molecular complexity index is 3360. The van der Waals surface area contributed by atoms with E-state index in [0.29, 0.717) is 23.0 Å². The van der Waals surface area contributed by atoms with Crippen molar-refractivity contribution in [2.75, 3.05) is 0 Å². The average Bonchev–Trinajstić information content (AvgIpc) is 3.85. The summed E-state index contributed by atoms with van der Waals surface area (Å²) in [5.41, 5.74) is 12.0. The summed E-state index contributed by atoms with van der Waals surface area (Å²) >= 11 is 0. The minimum absolute atomic E-state index is 0.553. The van der Waals surface area contributed by atoms with Crippen LogP contribution in [0.3, 0.4) is 0 Å². The maximum absolute atomic E-state index is 9.64. The van der Waals surface area contributed by atoms with Crippen molar-refractivity contribution in [1.82, 2.24) is 19.5 Å². The van der Waals surface area contributed by atoms with E-state index in [0.717, 1.165) is 88.4 Å². The Labute approximate surface area is 333 Å². The number of furan rings is 1. The van der Waals surface area contributed by atoms with Crippen LogP contribution in [0.1, 0.15) is 5.56 Å². The van der Waals surface area contributed by atoms with Gasteiger partial charge in [0.25, 0.3) is 0 Å². The number of fused-ring (bicyclic) bond motifs is 6. The normalized spacial score (nSPS) is 11.4. The van der Waals surface area contributed by atoms with Gasteiger partial charge in [-0.1, -0.05) is 140 Å². The molecule has 0 saturated heterocycles. The zero-order valence-corrected chi connectivity index (χ0v) is 31.0. The molecule has 8 aromatic carbocycles. The zero-order chi connectivity index (χ0) is 38.6. The van der Waals surface area contributed by atoms with Crippen molar-refractivity contribution in [2.24, 2.45) is 0 Å². The second kappa shape index (κ2) is 13.6. The number of para-hydroxylation sites is 3. The molecule has 0 aliphatic carbocycles. The predicted molar refractivity (Wildman–Crippen MR) is 233 cm³/mol. The fourth-order valence-electron chi connectivity index (χ4n) is 8.16. The van der Waals surface area contributed by atoms with Crippen LogP contribution >= 0.6 is 0 Å². The number of nitrogens with zero attached hydrogens (tertiary/aromatic N) is 5. The number of nitriles is 1. The number of rotatable bonds is 6. The fourth-order valence-corrected chi connectivity index (χ4v) is 8.16. The van der Waals surface area contributed by atoms with E-state index in [-0.39, 0.29) is 0 Å². The third kappa shape index (κ3) is 5.53. The molecular weight excluding hydrogens is 711 g/mol. The van der Waals surface area contributed by atoms with Crippen LogP contribution in [-0.4, -0.2) is 19.5 Å². The van der Waals surface area contributed by atoms with Gasteiger partial charge in [-0.15, -0.1) is 0 Å². The van der Waals surface area contributed by atoms with Gasteiger partial charge in [-0.25, -0.2) is 15.0 Å². The molecular formula is C52H31N5O. The predicted octanol–water partition coefficient (Wildman–Crippen LogP) is 13.1. The highest BCUT2D eigenvalue weighted by Gasteiger charge is 2.22. The summed E-state index contributed by atoms with van der Waals surface area (Å²) < 4.78 is 8.87. The largest absolute Gasteiger partial charge is 0.455 e. The Morgan fingerprint density at radius 1 is 0.414 bits per heavy atom. The molecule has 0 spiro atoms. The first-order valence-corrected chi connectivity index (χ1v) is 19.2. The highest BCUT2D eigenvalue weighted by atomic mass is 16.3. The molecule has 0 bridgehead atoms. The lowest BCUT2D eigenvalue weighted by Crippen LogP contribution is -2.04. The molecule has 0 aliphatic heterocycles. The molecule has 0 saturated carbocycles. The van der Waals surface area contributed by atoms with E-state index in [4.69, 9.17) is 19.4 Å². The maximum atomic E-state index is 9.64. The van der Waals surface area contributed by atoms with Crippen LogP contribution < -0.4 is 0 Å². The molecule has 0 fully saturated rings. The van der Waals surface area contributed by atoms with Gasteiger partial charge in [0.15, 0.2) is 17.5 Å². The molecule has 11 aromatic rings. The van der Waals surface area contributed by atoms with Crippen LogP contribution in [0.4, 0.5) is 0 Å². The summed E-state index contributed by atoms with van der Waals surface area (Å²) in [5, 5.41) is 14.0. The fraction of sp³-hybridized carbons (Fsp3) is 0. The molecule has 0 unspecified atom stereocenters. The number of aromatic nitrogens is 4. The van der Waals surface area contributed by atoms with E-state index in [1.165, 1.54) is 0 Å². The molecule has 0 atom stereocenters. The molecule has 0 radical (unpaired) electrons. The number of benzene rings is 8. The summed E-state index contributed by atoms with van der Waals surface area (Å²) in [4.78, 5) is 15.5. The molecule has 0 aliphatic rings. The summed E-state index contributed by atoms with van der Waals surface area (Å²) in [5.74, 6) is 1.73. The van der Waals surface area contributed by atoms with E-state index >= 15 is 0 Å². The molecule has 58 heavy (non-hydrogen) atoms. The van der Waals surface area contributed by atoms with E-state index in [1.54, 1.807) is 0 Å². The Morgan fingerprint density at radius 2 is 1.02 bits per heavy atom. The van der Waals surface area contributed by atoms with Crippen molar-refractivity contribution in [2.45, 2.75) is 0 Å². The Balaban J connectivity index is 1.20. The summed E-state index contributed by atoms with van der Waals surface area (Å²) in [6.07, 6.45) is 0. The van der Waals surface area contributed by atoms with Crippen LogP contribution in [0.2, 0.25) is 0 Å². The van der Waals surface area contributed by atoms with Crippen LogP contribution in [0, 0.1) is 11.3 Å². The highest BCUT2D eigenvalue weighted by Crippen LogP contribution is 2.42. The van der Waals surface area contributed by atoms with Gasteiger partial charge in [0.05, 0.1) is 28.4 Å². The van der Waals surface area contributed by atoms with Gasteiger partial charge < -0.3 is 8.98 Å². The standard InChI is InChI=1S/C52H31N5O/c53-32-33-13-11-18-36(29-33)37-25-27-46-43(30-37)40-19-7-9-23-45(40)57(46)47-28-26-38(39-21-12-22-42-41-20-8-10-24-48(41)58-49(39)42)31-44(47)52-55-50(34-14-3-1-4-15-34)54-51(56-52)35-16-5-2-6-17-35/h1-31H. The molecule has 0 amide bonds. The van der Waals surface area contributed by atoms with E-state index in [9.17, 15) is 5.26 Å². The summed E-state index contributed by atoms with van der Waals surface area (Å²) in [7, 11) is 0. The molecule has 0 N–H and O–H groups in total. The first-order valence-electron chi connectivity index (χ1n) is 19.2. The number of hydrogen-bond donors (Lipinski definition) is 0. The minimum Gasteiger partial charge on any atom is -0.455 e. The van der Waals surface area contributed by atoms with Crippen molar-refractivity contribution in [3.8, 4) is 68.2 Å². The van der Waals surface area contributed by atoms with Crippen molar-refractivity contribution < 1.29 is 4.42 Å². The Kier molecular flexibility index (Phi) is 7.76. The molecule has 3 heterocycles. The zero-order valence-electron chi connectivity index (χ0n) is 31.0. The van der Waals surface area contributed by atoms with Crippen LogP contribution in [0.15, 0.2) is 192 Å². The quantitative estimate of drug-likeness (QED) is 0.169. The summed E-state index contributed by atoms with van der Waals surface area (Å²) in [6, 6.07) is 66.3. The van der Waals surface area contributed by atoms with Gasteiger partial charge in [0, 0.05) is 43.8 Å². The van der Waals surface area contributed by atoms with Crippen molar-refractivity contribution in [1.29, 1.82) is 5.26 Å². The molecule has 11 rings (SSSR count). The third-order valence-electron chi connectivity index (χ3n) is 10.9. The second-order valence-corrected chi connectivity index (χ2v) is 14.3. The van der Waals surface area contributed by atoms with Crippen LogP contribution in [0.25, 0.3) is 106 Å². The minimum atomic E-state index is 0.553. The second-order valence-electron chi connectivity index (χ2n) is 14.3. The lowest BCUT2D eigenvalue weighted by molar-refractivity contribution is 0.670. The lowest BCUT2D eigenvalue weighted by atomic mass is 9.98. The third-order valence-corrected chi connectivity index (χ3v) is 10.9.